The maximum Gasteiger partial charge on any atom is 0.240 e. The first kappa shape index (κ1) is 10.5. The summed E-state index contributed by atoms with van der Waals surface area (Å²) in [6, 6.07) is 0. The molecule has 1 fully saturated rings. The van der Waals surface area contributed by atoms with Crippen molar-refractivity contribution < 1.29 is 9.59 Å². The second-order valence-electron chi connectivity index (χ2n) is 3.19. The van der Waals surface area contributed by atoms with Crippen molar-refractivity contribution in [2.75, 3.05) is 25.9 Å². The van der Waals surface area contributed by atoms with E-state index in [9.17, 15) is 9.59 Å². The van der Waals surface area contributed by atoms with Crippen LogP contribution in [0.15, 0.2) is 0 Å². The van der Waals surface area contributed by atoms with Crippen LogP contribution in [0.2, 0.25) is 0 Å². The first-order valence-corrected chi connectivity index (χ1v) is 5.48. The summed E-state index contributed by atoms with van der Waals surface area (Å²) in [5, 5.41) is 2.73. The van der Waals surface area contributed by atoms with Crippen LogP contribution >= 0.6 is 11.8 Å². The number of carbonyl (C=O) groups excluding carboxylic acids is 2. The Balaban J connectivity index is 2.41. The molecule has 2 amide bonds. The van der Waals surface area contributed by atoms with Gasteiger partial charge in [0.05, 0.1) is 13.1 Å². The number of carbonyl (C=O) groups is 2. The maximum absolute atomic E-state index is 11.0. The molecule has 0 aromatic rings. The highest BCUT2D eigenvalue weighted by atomic mass is 32.2. The molecular formula is C8H14N2O2S. The van der Waals surface area contributed by atoms with Gasteiger partial charge >= 0.3 is 0 Å². The molecular weight excluding hydrogens is 188 g/mol. The van der Waals surface area contributed by atoms with Gasteiger partial charge in [0.25, 0.3) is 0 Å². The Bertz CT molecular complexity index is 204. The van der Waals surface area contributed by atoms with Crippen LogP contribution in [0.3, 0.4) is 0 Å². The summed E-state index contributed by atoms with van der Waals surface area (Å²) in [6.07, 6.45) is 2.02. The molecule has 0 aliphatic carbocycles. The molecule has 5 heteroatoms. The van der Waals surface area contributed by atoms with Gasteiger partial charge in [0, 0.05) is 11.8 Å². The lowest BCUT2D eigenvalue weighted by molar-refractivity contribution is -0.135. The normalized spacial score (nSPS) is 21.4. The number of imide groups is 1. The van der Waals surface area contributed by atoms with Crippen molar-refractivity contribution in [3.05, 3.63) is 0 Å². The molecule has 0 bridgehead atoms. The van der Waals surface area contributed by atoms with E-state index in [0.29, 0.717) is 18.3 Å². The Hall–Kier alpha value is -0.550. The summed E-state index contributed by atoms with van der Waals surface area (Å²) >= 11 is 1.74. The van der Waals surface area contributed by atoms with Crippen molar-refractivity contribution in [1.29, 1.82) is 0 Å². The highest BCUT2D eigenvalue weighted by Crippen LogP contribution is 2.07. The van der Waals surface area contributed by atoms with Crippen molar-refractivity contribution in [3.63, 3.8) is 0 Å². The molecule has 74 valence electrons. The van der Waals surface area contributed by atoms with Gasteiger partial charge in [-0.3, -0.25) is 19.8 Å². The molecule has 1 N–H and O–H groups in total. The van der Waals surface area contributed by atoms with Crippen LogP contribution in [-0.2, 0) is 9.59 Å². The summed E-state index contributed by atoms with van der Waals surface area (Å²) in [5.74, 6) is -0.380. The third-order valence-corrected chi connectivity index (χ3v) is 2.88. The van der Waals surface area contributed by atoms with Gasteiger partial charge in [-0.2, -0.15) is 11.8 Å². The van der Waals surface area contributed by atoms with Gasteiger partial charge in [0.15, 0.2) is 0 Å². The number of amides is 2. The van der Waals surface area contributed by atoms with Crippen molar-refractivity contribution in [3.8, 4) is 0 Å². The summed E-state index contributed by atoms with van der Waals surface area (Å²) in [7, 11) is 0. The molecule has 1 unspecified atom stereocenters. The van der Waals surface area contributed by atoms with Crippen molar-refractivity contribution in [1.82, 2.24) is 10.2 Å². The van der Waals surface area contributed by atoms with E-state index in [-0.39, 0.29) is 11.8 Å². The van der Waals surface area contributed by atoms with Crippen LogP contribution in [-0.4, -0.2) is 47.9 Å². The van der Waals surface area contributed by atoms with E-state index in [0.717, 1.165) is 6.54 Å². The van der Waals surface area contributed by atoms with Crippen LogP contribution in [0.25, 0.3) is 0 Å². The van der Waals surface area contributed by atoms with E-state index in [4.69, 9.17) is 0 Å². The monoisotopic (exact) mass is 202 g/mol. The van der Waals surface area contributed by atoms with Gasteiger partial charge in [0.1, 0.15) is 0 Å². The second kappa shape index (κ2) is 4.62. The zero-order valence-electron chi connectivity index (χ0n) is 7.87. The first-order valence-electron chi connectivity index (χ1n) is 4.19. The van der Waals surface area contributed by atoms with Crippen molar-refractivity contribution in [2.24, 2.45) is 0 Å². The van der Waals surface area contributed by atoms with E-state index in [1.807, 2.05) is 11.2 Å². The molecule has 1 aliphatic heterocycles. The number of piperazine rings is 1. The summed E-state index contributed by atoms with van der Waals surface area (Å²) in [6.45, 7) is 3.56. The fraction of sp³-hybridized carbons (Fsp3) is 0.750. The fourth-order valence-electron chi connectivity index (χ4n) is 1.26. The zero-order valence-corrected chi connectivity index (χ0v) is 8.69. The quantitative estimate of drug-likeness (QED) is 0.638. The molecule has 0 spiro atoms. The minimum absolute atomic E-state index is 0.190. The first-order chi connectivity index (χ1) is 6.11. The number of nitrogens with one attached hydrogen (secondary N) is 1. The second-order valence-corrected chi connectivity index (χ2v) is 4.46. The Morgan fingerprint density at radius 3 is 2.46 bits per heavy atom. The molecule has 1 atom stereocenters. The van der Waals surface area contributed by atoms with E-state index >= 15 is 0 Å². The van der Waals surface area contributed by atoms with Gasteiger partial charge < -0.3 is 0 Å². The predicted molar refractivity (Wildman–Crippen MR) is 52.6 cm³/mol. The zero-order chi connectivity index (χ0) is 9.84. The number of rotatable bonds is 3. The minimum Gasteiger partial charge on any atom is -0.294 e. The summed E-state index contributed by atoms with van der Waals surface area (Å²) in [4.78, 5) is 23.8. The third kappa shape index (κ3) is 3.36. The van der Waals surface area contributed by atoms with Gasteiger partial charge in [-0.05, 0) is 6.26 Å². The fourth-order valence-corrected chi connectivity index (χ4v) is 1.62. The Morgan fingerprint density at radius 1 is 1.46 bits per heavy atom. The van der Waals surface area contributed by atoms with Crippen LogP contribution < -0.4 is 5.32 Å². The lowest BCUT2D eigenvalue weighted by atomic mass is 10.3. The average molecular weight is 202 g/mol. The van der Waals surface area contributed by atoms with Gasteiger partial charge in [-0.25, -0.2) is 0 Å². The molecule has 0 aromatic carbocycles. The van der Waals surface area contributed by atoms with E-state index in [2.05, 4.69) is 12.2 Å². The molecule has 1 rings (SSSR count). The SMILES string of the molecule is CSC(C)CN1CC(=O)NC(=O)C1. The van der Waals surface area contributed by atoms with Gasteiger partial charge in [-0.1, -0.05) is 6.92 Å². The Labute approximate surface area is 82.0 Å². The lowest BCUT2D eigenvalue weighted by Crippen LogP contribution is -2.52. The topological polar surface area (TPSA) is 49.4 Å². The molecule has 1 saturated heterocycles. The molecule has 0 aromatic heterocycles. The molecule has 1 heterocycles. The standard InChI is InChI=1S/C8H14N2O2S/c1-6(13-2)3-10-4-7(11)9-8(12)5-10/h6H,3-5H2,1-2H3,(H,9,11,12). The van der Waals surface area contributed by atoms with E-state index < -0.39 is 0 Å². The number of hydrogen-bond donors (Lipinski definition) is 1. The molecule has 4 nitrogen and oxygen atoms in total. The highest BCUT2D eigenvalue weighted by Gasteiger charge is 2.22. The summed E-state index contributed by atoms with van der Waals surface area (Å²) in [5.41, 5.74) is 0. The Morgan fingerprint density at radius 2 is 2.00 bits per heavy atom. The minimum atomic E-state index is -0.190. The molecule has 0 saturated carbocycles. The predicted octanol–water partition coefficient (Wildman–Crippen LogP) is -0.304. The van der Waals surface area contributed by atoms with Crippen LogP contribution in [0.5, 0.6) is 0 Å². The average Bonchev–Trinajstić information content (AvgIpc) is 2.02. The maximum atomic E-state index is 11.0. The molecule has 13 heavy (non-hydrogen) atoms. The third-order valence-electron chi connectivity index (χ3n) is 1.93. The van der Waals surface area contributed by atoms with Crippen LogP contribution in [0.1, 0.15) is 6.92 Å². The van der Waals surface area contributed by atoms with Gasteiger partial charge in [0.2, 0.25) is 11.8 Å². The van der Waals surface area contributed by atoms with E-state index in [1.165, 1.54) is 0 Å². The van der Waals surface area contributed by atoms with Crippen LogP contribution in [0.4, 0.5) is 0 Å². The number of hydrogen-bond acceptors (Lipinski definition) is 4. The smallest absolute Gasteiger partial charge is 0.240 e. The number of thioether (sulfide) groups is 1. The number of nitrogens with zero attached hydrogens (tertiary/aromatic N) is 1. The Kier molecular flexibility index (Phi) is 3.74. The largest absolute Gasteiger partial charge is 0.294 e. The molecule has 0 radical (unpaired) electrons. The van der Waals surface area contributed by atoms with Crippen LogP contribution in [0, 0.1) is 0 Å². The van der Waals surface area contributed by atoms with Gasteiger partial charge in [-0.15, -0.1) is 0 Å². The highest BCUT2D eigenvalue weighted by molar-refractivity contribution is 7.99. The van der Waals surface area contributed by atoms with E-state index in [1.54, 1.807) is 11.8 Å². The van der Waals surface area contributed by atoms with Crippen molar-refractivity contribution in [2.45, 2.75) is 12.2 Å². The molecule has 1 aliphatic rings. The van der Waals surface area contributed by atoms with Crippen molar-refractivity contribution >= 4 is 23.6 Å². The lowest BCUT2D eigenvalue weighted by Gasteiger charge is -2.27. The summed E-state index contributed by atoms with van der Waals surface area (Å²) < 4.78 is 0.